The van der Waals surface area contributed by atoms with Gasteiger partial charge in [-0.25, -0.2) is 9.97 Å². The van der Waals surface area contributed by atoms with Crippen molar-refractivity contribution in [3.8, 4) is 11.4 Å². The van der Waals surface area contributed by atoms with Crippen molar-refractivity contribution >= 4 is 21.9 Å². The maximum absolute atomic E-state index is 11.1. The van der Waals surface area contributed by atoms with Gasteiger partial charge in [-0.15, -0.1) is 0 Å². The van der Waals surface area contributed by atoms with Gasteiger partial charge in [-0.3, -0.25) is 4.79 Å². The van der Waals surface area contributed by atoms with Gasteiger partial charge in [0.05, 0.1) is 5.92 Å². The minimum atomic E-state index is -0.731. The molecular formula is C15H13BrN2O2. The summed E-state index contributed by atoms with van der Waals surface area (Å²) in [5.41, 5.74) is 2.89. The molecule has 1 unspecified atom stereocenters. The number of halogens is 1. The number of hydrogen-bond donors (Lipinski definition) is 1. The Labute approximate surface area is 125 Å². The second kappa shape index (κ2) is 5.32. The van der Waals surface area contributed by atoms with E-state index < -0.39 is 5.97 Å². The minimum Gasteiger partial charge on any atom is -0.481 e. The molecule has 20 heavy (non-hydrogen) atoms. The van der Waals surface area contributed by atoms with Crippen molar-refractivity contribution in [2.24, 2.45) is 5.92 Å². The Bertz CT molecular complexity index is 673. The largest absolute Gasteiger partial charge is 0.481 e. The lowest BCUT2D eigenvalue weighted by molar-refractivity contribution is -0.142. The number of carbonyl (C=O) groups is 1. The van der Waals surface area contributed by atoms with Gasteiger partial charge >= 0.3 is 5.97 Å². The Balaban J connectivity index is 1.96. The Morgan fingerprint density at radius 1 is 1.35 bits per heavy atom. The number of fused-ring (bicyclic) bond motifs is 1. The van der Waals surface area contributed by atoms with Crippen LogP contribution < -0.4 is 0 Å². The second-order valence-electron chi connectivity index (χ2n) is 4.92. The first-order valence-electron chi connectivity index (χ1n) is 6.47. The lowest BCUT2D eigenvalue weighted by atomic mass is 9.87. The molecular weight excluding hydrogens is 320 g/mol. The zero-order chi connectivity index (χ0) is 14.1. The molecule has 3 rings (SSSR count). The molecule has 0 aliphatic heterocycles. The fraction of sp³-hybridized carbons (Fsp3) is 0.267. The number of aromatic nitrogens is 2. The zero-order valence-electron chi connectivity index (χ0n) is 10.7. The van der Waals surface area contributed by atoms with Gasteiger partial charge < -0.3 is 5.11 Å². The summed E-state index contributed by atoms with van der Waals surface area (Å²) in [5.74, 6) is -0.351. The molecule has 4 nitrogen and oxygen atoms in total. The van der Waals surface area contributed by atoms with Crippen molar-refractivity contribution < 1.29 is 9.90 Å². The average molecular weight is 333 g/mol. The standard InChI is InChI=1S/C15H13BrN2O2/c16-12-4-2-1-3-11(12)14-17-8-10-7-9(15(19)20)5-6-13(10)18-14/h1-4,8-9H,5-7H2,(H,19,20). The predicted octanol–water partition coefficient (Wildman–Crippen LogP) is 3.10. The monoisotopic (exact) mass is 332 g/mol. The van der Waals surface area contributed by atoms with Crippen LogP contribution in [0.15, 0.2) is 34.9 Å². The number of rotatable bonds is 2. The summed E-state index contributed by atoms with van der Waals surface area (Å²) in [6.45, 7) is 0. The van der Waals surface area contributed by atoms with Crippen molar-refractivity contribution in [1.29, 1.82) is 0 Å². The molecule has 1 aliphatic carbocycles. The third-order valence-electron chi connectivity index (χ3n) is 3.61. The highest BCUT2D eigenvalue weighted by atomic mass is 79.9. The molecule has 1 aliphatic rings. The maximum atomic E-state index is 11.1. The molecule has 102 valence electrons. The molecule has 0 fully saturated rings. The molecule has 5 heteroatoms. The SMILES string of the molecule is O=C(O)C1CCc2nc(-c3ccccc3Br)ncc2C1. The van der Waals surface area contributed by atoms with Crippen molar-refractivity contribution in [1.82, 2.24) is 9.97 Å². The number of hydrogen-bond acceptors (Lipinski definition) is 3. The lowest BCUT2D eigenvalue weighted by Gasteiger charge is -2.20. The van der Waals surface area contributed by atoms with Crippen LogP contribution in [-0.4, -0.2) is 21.0 Å². The van der Waals surface area contributed by atoms with Gasteiger partial charge in [-0.1, -0.05) is 34.1 Å². The summed E-state index contributed by atoms with van der Waals surface area (Å²) in [4.78, 5) is 20.0. The molecule has 1 heterocycles. The fourth-order valence-corrected chi connectivity index (χ4v) is 2.95. The van der Waals surface area contributed by atoms with Crippen molar-refractivity contribution in [2.45, 2.75) is 19.3 Å². The molecule has 2 aromatic rings. The number of carboxylic acid groups (broad SMARTS) is 1. The first-order chi connectivity index (χ1) is 9.65. The molecule has 1 N–H and O–H groups in total. The van der Waals surface area contributed by atoms with Crippen LogP contribution in [0.3, 0.4) is 0 Å². The first kappa shape index (κ1) is 13.2. The van der Waals surface area contributed by atoms with Crippen LogP contribution in [0.4, 0.5) is 0 Å². The van der Waals surface area contributed by atoms with Crippen LogP contribution in [0, 0.1) is 5.92 Å². The topological polar surface area (TPSA) is 63.1 Å². The smallest absolute Gasteiger partial charge is 0.306 e. The highest BCUT2D eigenvalue weighted by Crippen LogP contribution is 2.29. The van der Waals surface area contributed by atoms with Crippen LogP contribution in [0.2, 0.25) is 0 Å². The van der Waals surface area contributed by atoms with E-state index in [0.717, 1.165) is 21.3 Å². The van der Waals surface area contributed by atoms with E-state index in [0.29, 0.717) is 25.1 Å². The van der Waals surface area contributed by atoms with Gasteiger partial charge in [0.25, 0.3) is 0 Å². The van der Waals surface area contributed by atoms with Crippen LogP contribution >= 0.6 is 15.9 Å². The Kier molecular flexibility index (Phi) is 3.53. The second-order valence-corrected chi connectivity index (χ2v) is 5.78. The average Bonchev–Trinajstić information content (AvgIpc) is 2.46. The number of nitrogens with zero attached hydrogens (tertiary/aromatic N) is 2. The number of benzene rings is 1. The van der Waals surface area contributed by atoms with E-state index in [9.17, 15) is 4.79 Å². The van der Waals surface area contributed by atoms with Crippen molar-refractivity contribution in [3.05, 3.63) is 46.2 Å². The van der Waals surface area contributed by atoms with Gasteiger partial charge in [-0.2, -0.15) is 0 Å². The van der Waals surface area contributed by atoms with Gasteiger partial charge in [0.2, 0.25) is 0 Å². The quantitative estimate of drug-likeness (QED) is 0.917. The molecule has 1 aromatic carbocycles. The third kappa shape index (κ3) is 2.45. The van der Waals surface area contributed by atoms with Crippen LogP contribution in [0.1, 0.15) is 17.7 Å². The summed E-state index contributed by atoms with van der Waals surface area (Å²) in [7, 11) is 0. The summed E-state index contributed by atoms with van der Waals surface area (Å²) < 4.78 is 0.958. The number of aryl methyl sites for hydroxylation is 1. The molecule has 0 spiro atoms. The Hall–Kier alpha value is -1.75. The van der Waals surface area contributed by atoms with E-state index in [1.807, 2.05) is 24.3 Å². The first-order valence-corrected chi connectivity index (χ1v) is 7.27. The number of carboxylic acids is 1. The van der Waals surface area contributed by atoms with E-state index in [-0.39, 0.29) is 5.92 Å². The van der Waals surface area contributed by atoms with Crippen LogP contribution in [0.5, 0.6) is 0 Å². The normalized spacial score (nSPS) is 17.6. The molecule has 0 saturated carbocycles. The van der Waals surface area contributed by atoms with Gasteiger partial charge in [0.1, 0.15) is 0 Å². The highest BCUT2D eigenvalue weighted by Gasteiger charge is 2.25. The summed E-state index contributed by atoms with van der Waals surface area (Å²) >= 11 is 3.50. The molecule has 1 aromatic heterocycles. The molecule has 1 atom stereocenters. The lowest BCUT2D eigenvalue weighted by Crippen LogP contribution is -2.23. The van der Waals surface area contributed by atoms with Gasteiger partial charge in [0.15, 0.2) is 5.82 Å². The van der Waals surface area contributed by atoms with Gasteiger partial charge in [-0.05, 0) is 30.9 Å². The molecule has 0 saturated heterocycles. The van der Waals surface area contributed by atoms with E-state index in [1.54, 1.807) is 6.20 Å². The summed E-state index contributed by atoms with van der Waals surface area (Å²) in [6, 6.07) is 7.82. The van der Waals surface area contributed by atoms with Crippen molar-refractivity contribution in [2.75, 3.05) is 0 Å². The fourth-order valence-electron chi connectivity index (χ4n) is 2.49. The Morgan fingerprint density at radius 2 is 2.15 bits per heavy atom. The molecule has 0 amide bonds. The zero-order valence-corrected chi connectivity index (χ0v) is 12.3. The predicted molar refractivity (Wildman–Crippen MR) is 78.3 cm³/mol. The Morgan fingerprint density at radius 3 is 2.90 bits per heavy atom. The molecule has 0 bridgehead atoms. The maximum Gasteiger partial charge on any atom is 0.306 e. The van der Waals surface area contributed by atoms with Crippen LogP contribution in [-0.2, 0) is 17.6 Å². The van der Waals surface area contributed by atoms with E-state index >= 15 is 0 Å². The van der Waals surface area contributed by atoms with Crippen molar-refractivity contribution in [3.63, 3.8) is 0 Å². The van der Waals surface area contributed by atoms with E-state index in [1.165, 1.54) is 0 Å². The number of aliphatic carboxylic acids is 1. The third-order valence-corrected chi connectivity index (χ3v) is 4.31. The van der Waals surface area contributed by atoms with E-state index in [4.69, 9.17) is 5.11 Å². The summed E-state index contributed by atoms with van der Waals surface area (Å²) in [6.07, 6.45) is 3.65. The van der Waals surface area contributed by atoms with Gasteiger partial charge in [0, 0.05) is 21.9 Å². The minimum absolute atomic E-state index is 0.305. The van der Waals surface area contributed by atoms with E-state index in [2.05, 4.69) is 25.9 Å². The highest BCUT2D eigenvalue weighted by molar-refractivity contribution is 9.10. The molecule has 0 radical (unpaired) electrons. The van der Waals surface area contributed by atoms with Crippen LogP contribution in [0.25, 0.3) is 11.4 Å². The summed E-state index contributed by atoms with van der Waals surface area (Å²) in [5, 5.41) is 9.09.